The lowest BCUT2D eigenvalue weighted by Gasteiger charge is -2.34. The van der Waals surface area contributed by atoms with Crippen LogP contribution in [0.2, 0.25) is 0 Å². The second kappa shape index (κ2) is 5.66. The zero-order valence-electron chi connectivity index (χ0n) is 15.1. The number of carbonyl (C=O) groups excluding carboxylic acids is 3. The van der Waals surface area contributed by atoms with Crippen LogP contribution in [0.25, 0.3) is 11.3 Å². The van der Waals surface area contributed by atoms with Crippen LogP contribution in [-0.2, 0) is 28.0 Å². The third kappa shape index (κ3) is 2.34. The number of Topliss-reactive ketones (excluding diaryl/α,β-unsaturated/α-hetero) is 2. The minimum atomic E-state index is -0.583. The molecule has 2 aromatic rings. The van der Waals surface area contributed by atoms with Crippen LogP contribution in [-0.4, -0.2) is 17.5 Å². The minimum absolute atomic E-state index is 0.0180. The molecule has 0 atom stereocenters. The first-order chi connectivity index (χ1) is 12.3. The van der Waals surface area contributed by atoms with E-state index in [1.165, 1.54) is 13.2 Å². The summed E-state index contributed by atoms with van der Waals surface area (Å²) in [5, 5.41) is 0. The first kappa shape index (κ1) is 16.8. The lowest BCUT2D eigenvalue weighted by molar-refractivity contribution is -0.142. The number of furan rings is 1. The Morgan fingerprint density at radius 3 is 2.65 bits per heavy atom. The second-order valence-electron chi connectivity index (χ2n) is 7.66. The van der Waals surface area contributed by atoms with Gasteiger partial charge in [-0.25, -0.2) is 0 Å². The van der Waals surface area contributed by atoms with E-state index in [1.54, 1.807) is 0 Å². The van der Waals surface area contributed by atoms with Crippen LogP contribution in [0.1, 0.15) is 71.0 Å². The molecule has 0 N–H and O–H groups in total. The molecule has 0 saturated carbocycles. The Morgan fingerprint density at radius 1 is 1.19 bits per heavy atom. The van der Waals surface area contributed by atoms with Crippen LogP contribution in [0.5, 0.6) is 0 Å². The number of rotatable bonds is 2. The highest BCUT2D eigenvalue weighted by molar-refractivity contribution is 6.53. The highest BCUT2D eigenvalue weighted by Crippen LogP contribution is 2.44. The molecule has 1 heterocycles. The quantitative estimate of drug-likeness (QED) is 0.603. The van der Waals surface area contributed by atoms with E-state index in [-0.39, 0.29) is 17.6 Å². The fourth-order valence-corrected chi connectivity index (χ4v) is 4.19. The van der Waals surface area contributed by atoms with E-state index in [2.05, 4.69) is 19.9 Å². The third-order valence-corrected chi connectivity index (χ3v) is 5.47. The van der Waals surface area contributed by atoms with Crippen molar-refractivity contribution in [3.8, 4) is 11.3 Å². The van der Waals surface area contributed by atoms with Crippen molar-refractivity contribution in [2.45, 2.75) is 52.1 Å². The topological polar surface area (TPSA) is 73.6 Å². The molecule has 1 aromatic carbocycles. The molecule has 5 heteroatoms. The standard InChI is InChI=1S/C21H20O5/c1-11(22)25-9-12-10-26-20-14-6-7-15-13(5-4-8-21(15,2)3)17(14)19(24)18(23)16(12)20/h6-7,10H,4-5,8-9H2,1-3H3. The van der Waals surface area contributed by atoms with Gasteiger partial charge in [-0.05, 0) is 35.8 Å². The maximum Gasteiger partial charge on any atom is 0.302 e. The summed E-state index contributed by atoms with van der Waals surface area (Å²) in [6, 6.07) is 3.93. The average molecular weight is 352 g/mol. The molecule has 134 valence electrons. The molecule has 2 aliphatic carbocycles. The highest BCUT2D eigenvalue weighted by atomic mass is 16.5. The van der Waals surface area contributed by atoms with E-state index in [4.69, 9.17) is 9.15 Å². The molecule has 0 radical (unpaired) electrons. The molecule has 0 amide bonds. The maximum absolute atomic E-state index is 13.0. The molecule has 5 nitrogen and oxygen atoms in total. The van der Waals surface area contributed by atoms with Gasteiger partial charge in [0.25, 0.3) is 0 Å². The zero-order chi connectivity index (χ0) is 18.6. The van der Waals surface area contributed by atoms with Crippen molar-refractivity contribution in [1.29, 1.82) is 0 Å². The van der Waals surface area contributed by atoms with Crippen LogP contribution in [0.4, 0.5) is 0 Å². The number of ketones is 2. The van der Waals surface area contributed by atoms with Crippen molar-refractivity contribution in [2.24, 2.45) is 0 Å². The minimum Gasteiger partial charge on any atom is -0.463 e. The molecule has 2 aliphatic rings. The Balaban J connectivity index is 1.90. The third-order valence-electron chi connectivity index (χ3n) is 5.47. The Labute approximate surface area is 151 Å². The largest absolute Gasteiger partial charge is 0.463 e. The number of fused-ring (bicyclic) bond motifs is 5. The van der Waals surface area contributed by atoms with Gasteiger partial charge in [-0.3, -0.25) is 14.4 Å². The number of ether oxygens (including phenoxy) is 1. The van der Waals surface area contributed by atoms with Crippen molar-refractivity contribution >= 4 is 17.5 Å². The van der Waals surface area contributed by atoms with Gasteiger partial charge in [0.2, 0.25) is 11.6 Å². The van der Waals surface area contributed by atoms with E-state index in [0.717, 1.165) is 30.4 Å². The van der Waals surface area contributed by atoms with E-state index < -0.39 is 17.5 Å². The molecular formula is C21H20O5. The monoisotopic (exact) mass is 352 g/mol. The van der Waals surface area contributed by atoms with E-state index >= 15 is 0 Å². The summed E-state index contributed by atoms with van der Waals surface area (Å²) in [6.07, 6.45) is 4.23. The average Bonchev–Trinajstić information content (AvgIpc) is 3.01. The summed E-state index contributed by atoms with van der Waals surface area (Å²) in [6.45, 7) is 5.55. The highest BCUT2D eigenvalue weighted by Gasteiger charge is 2.40. The summed E-state index contributed by atoms with van der Waals surface area (Å²) < 4.78 is 10.6. The van der Waals surface area contributed by atoms with Crippen molar-refractivity contribution in [1.82, 2.24) is 0 Å². The molecule has 0 fully saturated rings. The number of esters is 1. The molecule has 0 saturated heterocycles. The lowest BCUT2D eigenvalue weighted by Crippen LogP contribution is -2.29. The number of hydrogen-bond donors (Lipinski definition) is 0. The molecular weight excluding hydrogens is 332 g/mol. The summed E-state index contributed by atoms with van der Waals surface area (Å²) >= 11 is 0. The molecule has 1 aromatic heterocycles. The van der Waals surface area contributed by atoms with Crippen LogP contribution in [0.3, 0.4) is 0 Å². The van der Waals surface area contributed by atoms with E-state index in [1.807, 2.05) is 6.07 Å². The molecule has 26 heavy (non-hydrogen) atoms. The Hall–Kier alpha value is -2.69. The van der Waals surface area contributed by atoms with Crippen LogP contribution in [0, 0.1) is 0 Å². The van der Waals surface area contributed by atoms with Gasteiger partial charge in [-0.1, -0.05) is 26.0 Å². The summed E-state index contributed by atoms with van der Waals surface area (Å²) in [5.41, 5.74) is 3.89. The predicted octanol–water partition coefficient (Wildman–Crippen LogP) is 4.00. The van der Waals surface area contributed by atoms with Crippen molar-refractivity contribution < 1.29 is 23.5 Å². The van der Waals surface area contributed by atoms with Crippen molar-refractivity contribution in [3.63, 3.8) is 0 Å². The molecule has 0 aliphatic heterocycles. The van der Waals surface area contributed by atoms with Gasteiger partial charge in [0.05, 0.1) is 11.8 Å². The van der Waals surface area contributed by atoms with Crippen LogP contribution >= 0.6 is 0 Å². The first-order valence-electron chi connectivity index (χ1n) is 8.81. The second-order valence-corrected chi connectivity index (χ2v) is 7.66. The first-order valence-corrected chi connectivity index (χ1v) is 8.81. The fraction of sp³-hybridized carbons (Fsp3) is 0.381. The molecule has 0 unspecified atom stereocenters. The normalized spacial score (nSPS) is 17.3. The Morgan fingerprint density at radius 2 is 1.92 bits per heavy atom. The smallest absolute Gasteiger partial charge is 0.302 e. The van der Waals surface area contributed by atoms with Crippen LogP contribution in [0.15, 0.2) is 22.8 Å². The van der Waals surface area contributed by atoms with Gasteiger partial charge in [-0.2, -0.15) is 0 Å². The number of benzene rings is 1. The van der Waals surface area contributed by atoms with Gasteiger partial charge in [0, 0.05) is 23.6 Å². The zero-order valence-corrected chi connectivity index (χ0v) is 15.1. The van der Waals surface area contributed by atoms with Gasteiger partial charge in [-0.15, -0.1) is 0 Å². The number of hydrogen-bond acceptors (Lipinski definition) is 5. The Kier molecular flexibility index (Phi) is 3.65. The molecule has 0 spiro atoms. The van der Waals surface area contributed by atoms with Crippen molar-refractivity contribution in [2.75, 3.05) is 0 Å². The molecule has 4 rings (SSSR count). The van der Waals surface area contributed by atoms with Gasteiger partial charge >= 0.3 is 5.97 Å². The number of carbonyl (C=O) groups is 3. The van der Waals surface area contributed by atoms with Gasteiger partial charge in [0.1, 0.15) is 12.4 Å². The van der Waals surface area contributed by atoms with E-state index in [9.17, 15) is 14.4 Å². The lowest BCUT2D eigenvalue weighted by atomic mass is 9.69. The summed E-state index contributed by atoms with van der Waals surface area (Å²) in [5.74, 6) is -1.13. The maximum atomic E-state index is 13.0. The van der Waals surface area contributed by atoms with E-state index in [0.29, 0.717) is 22.5 Å². The fourth-order valence-electron chi connectivity index (χ4n) is 4.19. The van der Waals surface area contributed by atoms with Gasteiger partial charge in [0.15, 0.2) is 0 Å². The molecule has 0 bridgehead atoms. The SMILES string of the molecule is CC(=O)OCc1coc2c1C(=O)C(=O)c1c-2ccc2c1CCCC2(C)C. The summed E-state index contributed by atoms with van der Waals surface area (Å²) in [7, 11) is 0. The predicted molar refractivity (Wildman–Crippen MR) is 94.2 cm³/mol. The van der Waals surface area contributed by atoms with Crippen molar-refractivity contribution in [3.05, 3.63) is 46.2 Å². The van der Waals surface area contributed by atoms with Gasteiger partial charge < -0.3 is 9.15 Å². The summed E-state index contributed by atoms with van der Waals surface area (Å²) in [4.78, 5) is 36.8. The van der Waals surface area contributed by atoms with Crippen LogP contribution < -0.4 is 0 Å². The Bertz CT molecular complexity index is 961.